The fourth-order valence-corrected chi connectivity index (χ4v) is 12.5. The first-order valence-electron chi connectivity index (χ1n) is 37.5. The number of aliphatic hydroxyl groups excluding tert-OH is 1. The molecule has 0 rings (SSSR count). The Hall–Kier alpha value is -1.94. The molecule has 0 aromatic carbocycles. The second kappa shape index (κ2) is 64.1. The maximum absolute atomic E-state index is 13.0. The van der Waals surface area contributed by atoms with E-state index in [4.69, 9.17) is 37.0 Å². The molecule has 3 unspecified atom stereocenters. The number of hydrogen-bond acceptors (Lipinski definition) is 15. The van der Waals surface area contributed by atoms with Gasteiger partial charge in [0, 0.05) is 25.7 Å². The smallest absolute Gasteiger partial charge is 0.462 e. The molecule has 0 saturated carbocycles. The summed E-state index contributed by atoms with van der Waals surface area (Å²) in [4.78, 5) is 72.6. The highest BCUT2D eigenvalue weighted by atomic mass is 31.2. The molecule has 19 heteroatoms. The average Bonchev–Trinajstić information content (AvgIpc) is 3.73. The Kier molecular flexibility index (Phi) is 62.7. The highest BCUT2D eigenvalue weighted by Crippen LogP contribution is 2.45. The third kappa shape index (κ3) is 65.1. The monoisotopic (exact) mass is 1340 g/mol. The van der Waals surface area contributed by atoms with Crippen molar-refractivity contribution in [2.75, 3.05) is 39.6 Å². The zero-order valence-electron chi connectivity index (χ0n) is 59.1. The molecule has 0 radical (unpaired) electrons. The standard InChI is InChI=1S/C72H140O17P2/c1-7-10-12-14-16-18-22-30-36-42-48-54-69(74)82-60-67(88-71(76)56-50-44-38-32-23-19-17-15-13-11-8-2)62-86-90(78,79)84-58-66(73)59-85-91(80,81)87-63-68(61-83-70(75)55-49-43-37-31-27-26-29-35-41-47-53-65(6)9-3)89-72(77)57-51-45-39-33-25-21-20-24-28-34-40-46-52-64(4)5/h64-68,73H,7-63H2,1-6H3,(H,78,79)(H,80,81)/t65?,66-,67+,68+/m0/s1. The van der Waals surface area contributed by atoms with Crippen LogP contribution in [0.5, 0.6) is 0 Å². The summed E-state index contributed by atoms with van der Waals surface area (Å²) in [6, 6.07) is 0. The molecule has 0 fully saturated rings. The first-order valence-corrected chi connectivity index (χ1v) is 40.5. The van der Waals surface area contributed by atoms with Crippen LogP contribution >= 0.6 is 15.6 Å². The second-order valence-corrected chi connectivity index (χ2v) is 29.6. The average molecular weight is 1340 g/mol. The lowest BCUT2D eigenvalue weighted by atomic mass is 9.99. The fourth-order valence-electron chi connectivity index (χ4n) is 10.9. The Bertz CT molecular complexity index is 1770. The molecular weight excluding hydrogens is 1200 g/mol. The summed E-state index contributed by atoms with van der Waals surface area (Å²) >= 11 is 0. The van der Waals surface area contributed by atoms with Gasteiger partial charge in [0.25, 0.3) is 0 Å². The number of phosphoric acid groups is 2. The Morgan fingerprint density at radius 2 is 0.560 bits per heavy atom. The number of phosphoric ester groups is 2. The molecule has 6 atom stereocenters. The highest BCUT2D eigenvalue weighted by molar-refractivity contribution is 7.47. The zero-order chi connectivity index (χ0) is 67.2. The Labute approximate surface area is 556 Å². The normalized spacial score (nSPS) is 14.4. The lowest BCUT2D eigenvalue weighted by Gasteiger charge is -2.21. The first-order chi connectivity index (χ1) is 43.9. The number of carbonyl (C=O) groups is 4. The molecule has 0 spiro atoms. The Balaban J connectivity index is 5.26. The maximum Gasteiger partial charge on any atom is 0.472 e. The largest absolute Gasteiger partial charge is 0.472 e. The molecular formula is C72H140O17P2. The van der Waals surface area contributed by atoms with Crippen molar-refractivity contribution in [2.45, 2.75) is 387 Å². The number of aliphatic hydroxyl groups is 1. The molecule has 0 aromatic heterocycles. The van der Waals surface area contributed by atoms with Crippen LogP contribution < -0.4 is 0 Å². The van der Waals surface area contributed by atoms with Crippen molar-refractivity contribution in [1.29, 1.82) is 0 Å². The van der Waals surface area contributed by atoms with E-state index >= 15 is 0 Å². The van der Waals surface area contributed by atoms with Crippen LogP contribution in [0.1, 0.15) is 369 Å². The molecule has 0 saturated heterocycles. The lowest BCUT2D eigenvalue weighted by molar-refractivity contribution is -0.161. The third-order valence-electron chi connectivity index (χ3n) is 17.1. The minimum Gasteiger partial charge on any atom is -0.462 e. The van der Waals surface area contributed by atoms with Gasteiger partial charge in [-0.25, -0.2) is 9.13 Å². The van der Waals surface area contributed by atoms with E-state index in [1.165, 1.54) is 186 Å². The van der Waals surface area contributed by atoms with Gasteiger partial charge in [-0.15, -0.1) is 0 Å². The molecule has 0 heterocycles. The van der Waals surface area contributed by atoms with E-state index < -0.39 is 97.5 Å². The Morgan fingerprint density at radius 3 is 0.835 bits per heavy atom. The lowest BCUT2D eigenvalue weighted by Crippen LogP contribution is -2.30. The highest BCUT2D eigenvalue weighted by Gasteiger charge is 2.30. The van der Waals surface area contributed by atoms with Gasteiger partial charge in [0.1, 0.15) is 19.3 Å². The fraction of sp³-hybridized carbons (Fsp3) is 0.944. The van der Waals surface area contributed by atoms with Gasteiger partial charge in [0.2, 0.25) is 0 Å². The van der Waals surface area contributed by atoms with E-state index in [0.29, 0.717) is 25.7 Å². The summed E-state index contributed by atoms with van der Waals surface area (Å²) in [5, 5.41) is 10.6. The first kappa shape index (κ1) is 89.1. The van der Waals surface area contributed by atoms with Crippen molar-refractivity contribution >= 4 is 39.5 Å². The predicted molar refractivity (Wildman–Crippen MR) is 368 cm³/mol. The van der Waals surface area contributed by atoms with Crippen molar-refractivity contribution in [3.8, 4) is 0 Å². The molecule has 91 heavy (non-hydrogen) atoms. The van der Waals surface area contributed by atoms with Crippen molar-refractivity contribution in [3.05, 3.63) is 0 Å². The summed E-state index contributed by atoms with van der Waals surface area (Å²) < 4.78 is 68.4. The molecule has 3 N–H and O–H groups in total. The summed E-state index contributed by atoms with van der Waals surface area (Å²) in [7, 11) is -9.90. The number of carbonyl (C=O) groups excluding carboxylic acids is 4. The number of esters is 4. The summed E-state index contributed by atoms with van der Waals surface area (Å²) in [6.07, 6.45) is 49.7. The minimum atomic E-state index is -4.95. The predicted octanol–water partition coefficient (Wildman–Crippen LogP) is 20.8. The van der Waals surface area contributed by atoms with Gasteiger partial charge in [-0.2, -0.15) is 0 Å². The van der Waals surface area contributed by atoms with Gasteiger partial charge in [0.05, 0.1) is 26.4 Å². The Morgan fingerprint density at radius 1 is 0.319 bits per heavy atom. The van der Waals surface area contributed by atoms with E-state index in [9.17, 15) is 43.2 Å². The van der Waals surface area contributed by atoms with E-state index in [-0.39, 0.29) is 25.7 Å². The summed E-state index contributed by atoms with van der Waals surface area (Å²) in [5.41, 5.74) is 0. The molecule has 540 valence electrons. The van der Waals surface area contributed by atoms with Crippen LogP contribution in [0.25, 0.3) is 0 Å². The number of unbranched alkanes of at least 4 members (excludes halogenated alkanes) is 40. The topological polar surface area (TPSA) is 237 Å². The van der Waals surface area contributed by atoms with Crippen LogP contribution in [0.3, 0.4) is 0 Å². The molecule has 0 aliphatic rings. The van der Waals surface area contributed by atoms with Crippen LogP contribution in [-0.2, 0) is 65.4 Å². The quantitative estimate of drug-likeness (QED) is 0.0222. The number of ether oxygens (including phenoxy) is 4. The number of hydrogen-bond donors (Lipinski definition) is 3. The van der Waals surface area contributed by atoms with Gasteiger partial charge >= 0.3 is 39.5 Å². The minimum absolute atomic E-state index is 0.107. The van der Waals surface area contributed by atoms with Gasteiger partial charge in [0.15, 0.2) is 12.2 Å². The van der Waals surface area contributed by atoms with Crippen LogP contribution in [0.15, 0.2) is 0 Å². The summed E-state index contributed by atoms with van der Waals surface area (Å²) in [6.45, 7) is 9.60. The summed E-state index contributed by atoms with van der Waals surface area (Å²) in [5.74, 6) is -0.533. The van der Waals surface area contributed by atoms with Crippen molar-refractivity contribution < 1.29 is 80.2 Å². The molecule has 0 aliphatic carbocycles. The second-order valence-electron chi connectivity index (χ2n) is 26.7. The van der Waals surface area contributed by atoms with Gasteiger partial charge < -0.3 is 33.8 Å². The van der Waals surface area contributed by atoms with E-state index in [1.54, 1.807) is 0 Å². The van der Waals surface area contributed by atoms with E-state index in [0.717, 1.165) is 102 Å². The van der Waals surface area contributed by atoms with E-state index in [1.807, 2.05) is 0 Å². The molecule has 0 amide bonds. The molecule has 17 nitrogen and oxygen atoms in total. The van der Waals surface area contributed by atoms with Gasteiger partial charge in [-0.3, -0.25) is 37.3 Å². The third-order valence-corrected chi connectivity index (χ3v) is 19.0. The number of rotatable bonds is 71. The molecule has 0 aliphatic heterocycles. The maximum atomic E-state index is 13.0. The van der Waals surface area contributed by atoms with E-state index in [2.05, 4.69) is 41.5 Å². The zero-order valence-corrected chi connectivity index (χ0v) is 60.9. The van der Waals surface area contributed by atoms with Crippen LogP contribution in [0.2, 0.25) is 0 Å². The van der Waals surface area contributed by atoms with Gasteiger partial charge in [-0.05, 0) is 37.5 Å². The van der Waals surface area contributed by atoms with Gasteiger partial charge in [-0.1, -0.05) is 318 Å². The van der Waals surface area contributed by atoms with Crippen LogP contribution in [0, 0.1) is 11.8 Å². The molecule has 0 aromatic rings. The van der Waals surface area contributed by atoms with Crippen molar-refractivity contribution in [2.24, 2.45) is 11.8 Å². The molecule has 0 bridgehead atoms. The van der Waals surface area contributed by atoms with Crippen LogP contribution in [-0.4, -0.2) is 96.7 Å². The van der Waals surface area contributed by atoms with Crippen molar-refractivity contribution in [3.63, 3.8) is 0 Å². The van der Waals surface area contributed by atoms with Crippen molar-refractivity contribution in [1.82, 2.24) is 0 Å². The van der Waals surface area contributed by atoms with Crippen LogP contribution in [0.4, 0.5) is 0 Å². The SMILES string of the molecule is CCCCCCCCCCCCCC(=O)OC[C@H](COP(=O)(O)OC[C@H](O)COP(=O)(O)OC[C@@H](COC(=O)CCCCCCCCCCCCC(C)CC)OC(=O)CCCCCCCCCCCCCCC(C)C)OC(=O)CCCCCCCCCCCCC.